The molecular formula is C16H18N2O2S. The van der Waals surface area contributed by atoms with Crippen LogP contribution in [0, 0.1) is 6.92 Å². The minimum atomic E-state index is 0.0934. The number of nitrogens with one attached hydrogen (secondary N) is 1. The first-order chi connectivity index (χ1) is 10.2. The van der Waals surface area contributed by atoms with Crippen molar-refractivity contribution in [2.24, 2.45) is 0 Å². The number of benzene rings is 1. The second kappa shape index (κ2) is 5.85. The van der Waals surface area contributed by atoms with Crippen LogP contribution >= 0.6 is 11.3 Å². The minimum Gasteiger partial charge on any atom is -0.496 e. The highest BCUT2D eigenvalue weighted by Gasteiger charge is 2.24. The molecule has 0 atom stereocenters. The molecule has 0 aliphatic heterocycles. The molecule has 1 aliphatic rings. The van der Waals surface area contributed by atoms with Gasteiger partial charge in [-0.3, -0.25) is 4.79 Å². The van der Waals surface area contributed by atoms with Gasteiger partial charge in [0.2, 0.25) is 5.91 Å². The van der Waals surface area contributed by atoms with Crippen molar-refractivity contribution in [1.29, 1.82) is 0 Å². The highest BCUT2D eigenvalue weighted by Crippen LogP contribution is 2.34. The number of carbonyl (C=O) groups is 1. The lowest BCUT2D eigenvalue weighted by atomic mass is 10.2. The van der Waals surface area contributed by atoms with Gasteiger partial charge in [-0.05, 0) is 31.9 Å². The summed E-state index contributed by atoms with van der Waals surface area (Å²) in [5.41, 5.74) is 1.90. The Bertz CT molecular complexity index is 662. The van der Waals surface area contributed by atoms with Crippen LogP contribution in [0.25, 0.3) is 10.6 Å². The molecule has 2 aromatic rings. The van der Waals surface area contributed by atoms with Gasteiger partial charge < -0.3 is 10.1 Å². The Kier molecular flexibility index (Phi) is 3.92. The molecule has 0 radical (unpaired) electrons. The number of methoxy groups -OCH3 is 1. The van der Waals surface area contributed by atoms with E-state index in [2.05, 4.69) is 10.3 Å². The van der Waals surface area contributed by atoms with Gasteiger partial charge in [-0.15, -0.1) is 11.3 Å². The van der Waals surface area contributed by atoms with E-state index in [1.54, 1.807) is 18.4 Å². The predicted octanol–water partition coefficient (Wildman–Crippen LogP) is 2.95. The van der Waals surface area contributed by atoms with Crippen molar-refractivity contribution in [3.05, 3.63) is 34.8 Å². The first-order valence-corrected chi connectivity index (χ1v) is 7.88. The molecule has 0 saturated heterocycles. The Morgan fingerprint density at radius 1 is 1.43 bits per heavy atom. The van der Waals surface area contributed by atoms with Crippen LogP contribution in [-0.4, -0.2) is 24.0 Å². The van der Waals surface area contributed by atoms with Gasteiger partial charge in [-0.25, -0.2) is 4.98 Å². The molecule has 0 bridgehead atoms. The van der Waals surface area contributed by atoms with E-state index in [0.717, 1.165) is 39.7 Å². The molecule has 1 heterocycles. The lowest BCUT2D eigenvalue weighted by Gasteiger charge is -2.04. The van der Waals surface area contributed by atoms with Gasteiger partial charge >= 0.3 is 0 Å². The largest absolute Gasteiger partial charge is 0.496 e. The monoisotopic (exact) mass is 302 g/mol. The lowest BCUT2D eigenvalue weighted by Crippen LogP contribution is -2.26. The van der Waals surface area contributed by atoms with E-state index in [-0.39, 0.29) is 5.91 Å². The third-order valence-corrected chi connectivity index (χ3v) is 4.68. The van der Waals surface area contributed by atoms with E-state index in [4.69, 9.17) is 4.74 Å². The number of nitrogens with zero attached hydrogens (tertiary/aromatic N) is 1. The number of aromatic nitrogens is 1. The van der Waals surface area contributed by atoms with Crippen molar-refractivity contribution in [2.75, 3.05) is 7.11 Å². The smallest absolute Gasteiger partial charge is 0.225 e. The van der Waals surface area contributed by atoms with Gasteiger partial charge in [0.05, 0.1) is 24.8 Å². The Hall–Kier alpha value is -1.88. The summed E-state index contributed by atoms with van der Waals surface area (Å²) in [4.78, 5) is 17.5. The predicted molar refractivity (Wildman–Crippen MR) is 83.7 cm³/mol. The van der Waals surface area contributed by atoms with Crippen LogP contribution in [0.4, 0.5) is 0 Å². The van der Waals surface area contributed by atoms with Gasteiger partial charge in [0.25, 0.3) is 0 Å². The maximum atomic E-state index is 11.9. The number of thiazole rings is 1. The fourth-order valence-corrected chi connectivity index (χ4v) is 3.27. The fourth-order valence-electron chi connectivity index (χ4n) is 2.18. The molecule has 3 rings (SSSR count). The normalized spacial score (nSPS) is 14.0. The highest BCUT2D eigenvalue weighted by molar-refractivity contribution is 7.15. The number of ether oxygens (including phenoxy) is 1. The van der Waals surface area contributed by atoms with Crippen LogP contribution in [0.1, 0.15) is 23.4 Å². The first kappa shape index (κ1) is 14.1. The SMILES string of the molecule is COc1ccccc1-c1nc(C)c(CC(=O)NC2CC2)s1. The topological polar surface area (TPSA) is 51.2 Å². The van der Waals surface area contributed by atoms with Crippen molar-refractivity contribution in [3.63, 3.8) is 0 Å². The molecule has 1 N–H and O–H groups in total. The summed E-state index contributed by atoms with van der Waals surface area (Å²) >= 11 is 1.57. The third kappa shape index (κ3) is 3.24. The Balaban J connectivity index is 1.81. The van der Waals surface area contributed by atoms with Crippen molar-refractivity contribution >= 4 is 17.2 Å². The zero-order valence-electron chi connectivity index (χ0n) is 12.2. The standard InChI is InChI=1S/C16H18N2O2S/c1-10-14(9-15(19)18-11-7-8-11)21-16(17-10)12-5-3-4-6-13(12)20-2/h3-6,11H,7-9H2,1-2H3,(H,18,19). The highest BCUT2D eigenvalue weighted by atomic mass is 32.1. The fraction of sp³-hybridized carbons (Fsp3) is 0.375. The van der Waals surface area contributed by atoms with Gasteiger partial charge in [-0.2, -0.15) is 0 Å². The Morgan fingerprint density at radius 2 is 2.19 bits per heavy atom. The summed E-state index contributed by atoms with van der Waals surface area (Å²) in [6.07, 6.45) is 2.63. The minimum absolute atomic E-state index is 0.0934. The van der Waals surface area contributed by atoms with Crippen molar-refractivity contribution in [3.8, 4) is 16.3 Å². The molecule has 1 aromatic heterocycles. The summed E-state index contributed by atoms with van der Waals surface area (Å²) in [5.74, 6) is 0.899. The summed E-state index contributed by atoms with van der Waals surface area (Å²) in [5, 5.41) is 3.92. The second-order valence-corrected chi connectivity index (χ2v) is 6.33. The molecule has 5 heteroatoms. The maximum Gasteiger partial charge on any atom is 0.225 e. The Morgan fingerprint density at radius 3 is 2.90 bits per heavy atom. The third-order valence-electron chi connectivity index (χ3n) is 3.49. The molecule has 1 fully saturated rings. The molecule has 21 heavy (non-hydrogen) atoms. The molecule has 0 unspecified atom stereocenters. The van der Waals surface area contributed by atoms with Gasteiger partial charge in [-0.1, -0.05) is 12.1 Å². The van der Waals surface area contributed by atoms with Crippen LogP contribution < -0.4 is 10.1 Å². The number of amides is 1. The van der Waals surface area contributed by atoms with E-state index in [0.29, 0.717) is 12.5 Å². The molecule has 0 spiro atoms. The van der Waals surface area contributed by atoms with Crippen LogP contribution in [-0.2, 0) is 11.2 Å². The van der Waals surface area contributed by atoms with Crippen LogP contribution in [0.3, 0.4) is 0 Å². The molecule has 110 valence electrons. The van der Waals surface area contributed by atoms with Gasteiger partial charge in [0.1, 0.15) is 10.8 Å². The summed E-state index contributed by atoms with van der Waals surface area (Å²) in [6, 6.07) is 8.22. The average molecular weight is 302 g/mol. The van der Waals surface area contributed by atoms with E-state index in [1.807, 2.05) is 31.2 Å². The van der Waals surface area contributed by atoms with E-state index < -0.39 is 0 Å². The summed E-state index contributed by atoms with van der Waals surface area (Å²) in [6.45, 7) is 1.95. The second-order valence-electron chi connectivity index (χ2n) is 5.25. The van der Waals surface area contributed by atoms with E-state index in [9.17, 15) is 4.79 Å². The van der Waals surface area contributed by atoms with Gasteiger partial charge in [0, 0.05) is 10.9 Å². The lowest BCUT2D eigenvalue weighted by molar-refractivity contribution is -0.120. The van der Waals surface area contributed by atoms with E-state index >= 15 is 0 Å². The molecule has 1 saturated carbocycles. The Labute approximate surface area is 128 Å². The summed E-state index contributed by atoms with van der Waals surface area (Å²) in [7, 11) is 1.66. The molecule has 1 aromatic carbocycles. The number of rotatable bonds is 5. The number of para-hydroxylation sites is 1. The quantitative estimate of drug-likeness (QED) is 0.924. The average Bonchev–Trinajstić information content (AvgIpc) is 3.22. The number of hydrogen-bond donors (Lipinski definition) is 1. The molecule has 1 amide bonds. The van der Waals surface area contributed by atoms with Crippen molar-refractivity contribution in [2.45, 2.75) is 32.2 Å². The number of aryl methyl sites for hydroxylation is 1. The van der Waals surface area contributed by atoms with Crippen molar-refractivity contribution in [1.82, 2.24) is 10.3 Å². The van der Waals surface area contributed by atoms with Crippen LogP contribution in [0.5, 0.6) is 5.75 Å². The first-order valence-electron chi connectivity index (χ1n) is 7.06. The number of carbonyl (C=O) groups excluding carboxylic acids is 1. The molecule has 4 nitrogen and oxygen atoms in total. The molecule has 1 aliphatic carbocycles. The van der Waals surface area contributed by atoms with Crippen LogP contribution in [0.15, 0.2) is 24.3 Å². The van der Waals surface area contributed by atoms with Crippen LogP contribution in [0.2, 0.25) is 0 Å². The van der Waals surface area contributed by atoms with Gasteiger partial charge in [0.15, 0.2) is 0 Å². The number of hydrogen-bond acceptors (Lipinski definition) is 4. The molecular weight excluding hydrogens is 284 g/mol. The maximum absolute atomic E-state index is 11.9. The van der Waals surface area contributed by atoms with E-state index in [1.165, 1.54) is 0 Å². The van der Waals surface area contributed by atoms with Crippen molar-refractivity contribution < 1.29 is 9.53 Å². The zero-order valence-corrected chi connectivity index (χ0v) is 13.0. The summed E-state index contributed by atoms with van der Waals surface area (Å²) < 4.78 is 5.38. The zero-order chi connectivity index (χ0) is 14.8.